The van der Waals surface area contributed by atoms with Gasteiger partial charge < -0.3 is 15.2 Å². The maximum absolute atomic E-state index is 11.6. The van der Waals surface area contributed by atoms with Crippen molar-refractivity contribution in [3.8, 4) is 5.75 Å². The summed E-state index contributed by atoms with van der Waals surface area (Å²) in [5.74, 6) is 0.398. The van der Waals surface area contributed by atoms with Gasteiger partial charge >= 0.3 is 0 Å². The van der Waals surface area contributed by atoms with Crippen LogP contribution in [0.25, 0.3) is 0 Å². The average Bonchev–Trinajstić information content (AvgIpc) is 2.31. The fourth-order valence-electron chi connectivity index (χ4n) is 1.29. The van der Waals surface area contributed by atoms with Gasteiger partial charge in [0, 0.05) is 0 Å². The number of benzene rings is 1. The highest BCUT2D eigenvalue weighted by Crippen LogP contribution is 2.23. The Kier molecular flexibility index (Phi) is 5.44. The predicted octanol–water partition coefficient (Wildman–Crippen LogP) is 2.00. The number of aliphatic hydroxyl groups excluding tert-OH is 1. The Labute approximate surface area is 112 Å². The van der Waals surface area contributed by atoms with Crippen LogP contribution in [0.3, 0.4) is 0 Å². The summed E-state index contributed by atoms with van der Waals surface area (Å²) in [6.07, 6.45) is 0.217. The predicted molar refractivity (Wildman–Crippen MR) is 70.9 cm³/mol. The van der Waals surface area contributed by atoms with E-state index in [0.717, 1.165) is 0 Å². The van der Waals surface area contributed by atoms with Gasteiger partial charge in [-0.1, -0.05) is 23.7 Å². The molecule has 0 unspecified atom stereocenters. The van der Waals surface area contributed by atoms with Gasteiger partial charge in [-0.05, 0) is 26.0 Å². The van der Waals surface area contributed by atoms with E-state index in [1.807, 2.05) is 12.1 Å². The second kappa shape index (κ2) is 6.61. The quantitative estimate of drug-likeness (QED) is 0.832. The lowest BCUT2D eigenvalue weighted by Gasteiger charge is -2.23. The Balaban J connectivity index is 2.34. The molecule has 0 aromatic heterocycles. The van der Waals surface area contributed by atoms with Crippen LogP contribution in [0.2, 0.25) is 5.02 Å². The van der Waals surface area contributed by atoms with Crippen molar-refractivity contribution in [2.75, 3.05) is 13.2 Å². The summed E-state index contributed by atoms with van der Waals surface area (Å²) in [6.45, 7) is 3.64. The van der Waals surface area contributed by atoms with Crippen molar-refractivity contribution >= 4 is 17.5 Å². The molecule has 1 aromatic rings. The first-order valence-electron chi connectivity index (χ1n) is 5.74. The number of hydrogen-bond acceptors (Lipinski definition) is 3. The van der Waals surface area contributed by atoms with Crippen LogP contribution in [0.15, 0.2) is 24.3 Å². The molecule has 1 rings (SSSR count). The van der Waals surface area contributed by atoms with Crippen molar-refractivity contribution in [3.63, 3.8) is 0 Å². The second-order valence-corrected chi connectivity index (χ2v) is 5.03. The van der Waals surface area contributed by atoms with E-state index >= 15 is 0 Å². The van der Waals surface area contributed by atoms with Crippen LogP contribution < -0.4 is 10.1 Å². The van der Waals surface area contributed by atoms with E-state index in [-0.39, 0.29) is 25.5 Å². The summed E-state index contributed by atoms with van der Waals surface area (Å²) in [7, 11) is 0. The highest BCUT2D eigenvalue weighted by molar-refractivity contribution is 6.32. The number of aliphatic hydroxyl groups is 1. The number of nitrogens with one attached hydrogen (secondary N) is 1. The first kappa shape index (κ1) is 14.8. The summed E-state index contributed by atoms with van der Waals surface area (Å²) < 4.78 is 5.40. The third-order valence-corrected chi connectivity index (χ3v) is 2.61. The lowest BCUT2D eigenvalue weighted by atomic mass is 10.1. The fraction of sp³-hybridized carbons (Fsp3) is 0.462. The summed E-state index contributed by atoms with van der Waals surface area (Å²) in [5.41, 5.74) is -0.610. The van der Waals surface area contributed by atoms with Crippen molar-refractivity contribution < 1.29 is 14.6 Å². The molecule has 0 aliphatic heterocycles. The maximum Gasteiger partial charge on any atom is 0.223 e. The molecule has 100 valence electrons. The summed E-state index contributed by atoms with van der Waals surface area (Å²) in [4.78, 5) is 11.6. The lowest BCUT2D eigenvalue weighted by molar-refractivity contribution is -0.123. The Morgan fingerprint density at radius 1 is 1.44 bits per heavy atom. The number of carbonyl (C=O) groups excluding carboxylic acids is 1. The summed E-state index contributed by atoms with van der Waals surface area (Å²) in [5, 5.41) is 12.2. The van der Waals surface area contributed by atoms with Crippen molar-refractivity contribution in [1.29, 1.82) is 0 Å². The third-order valence-electron chi connectivity index (χ3n) is 2.30. The molecule has 1 amide bonds. The monoisotopic (exact) mass is 271 g/mol. The number of halogens is 1. The van der Waals surface area contributed by atoms with Crippen LogP contribution >= 0.6 is 11.6 Å². The molecule has 0 fully saturated rings. The molecule has 0 heterocycles. The summed E-state index contributed by atoms with van der Waals surface area (Å²) in [6, 6.07) is 7.10. The van der Waals surface area contributed by atoms with Crippen molar-refractivity contribution in [2.24, 2.45) is 0 Å². The molecule has 0 atom stereocenters. The Bertz CT molecular complexity index is 407. The largest absolute Gasteiger partial charge is 0.491 e. The van der Waals surface area contributed by atoms with Crippen LogP contribution in [-0.2, 0) is 4.79 Å². The molecule has 0 aliphatic rings. The van der Waals surface area contributed by atoms with E-state index in [2.05, 4.69) is 5.32 Å². The van der Waals surface area contributed by atoms with Crippen molar-refractivity contribution in [1.82, 2.24) is 5.32 Å². The van der Waals surface area contributed by atoms with Crippen molar-refractivity contribution in [3.05, 3.63) is 29.3 Å². The zero-order valence-electron chi connectivity index (χ0n) is 10.6. The normalized spacial score (nSPS) is 11.1. The first-order chi connectivity index (χ1) is 8.44. The highest BCUT2D eigenvalue weighted by Gasteiger charge is 2.18. The maximum atomic E-state index is 11.6. The minimum Gasteiger partial charge on any atom is -0.491 e. The van der Waals surface area contributed by atoms with Crippen molar-refractivity contribution in [2.45, 2.75) is 25.8 Å². The minimum atomic E-state index is -0.610. The first-order valence-corrected chi connectivity index (χ1v) is 6.11. The number of amides is 1. The van der Waals surface area contributed by atoms with Crippen LogP contribution in [-0.4, -0.2) is 29.8 Å². The molecule has 0 bridgehead atoms. The average molecular weight is 272 g/mol. The molecule has 1 aromatic carbocycles. The van der Waals surface area contributed by atoms with E-state index < -0.39 is 5.54 Å². The molecule has 0 saturated carbocycles. The van der Waals surface area contributed by atoms with E-state index in [1.54, 1.807) is 26.0 Å². The summed E-state index contributed by atoms with van der Waals surface area (Å²) >= 11 is 5.91. The Morgan fingerprint density at radius 3 is 2.72 bits per heavy atom. The standard InChI is InChI=1S/C13H18ClNO3/c1-13(2,9-16)15-12(17)7-8-18-11-6-4-3-5-10(11)14/h3-6,16H,7-9H2,1-2H3,(H,15,17). The van der Waals surface area contributed by atoms with Gasteiger partial charge in [0.1, 0.15) is 5.75 Å². The molecule has 4 nitrogen and oxygen atoms in total. The van der Waals surface area contributed by atoms with Gasteiger partial charge in [0.05, 0.1) is 30.2 Å². The number of carbonyl (C=O) groups is 1. The zero-order chi connectivity index (χ0) is 13.6. The number of ether oxygens (including phenoxy) is 1. The molecule has 0 radical (unpaired) electrons. The van der Waals surface area contributed by atoms with E-state index in [9.17, 15) is 4.79 Å². The molecule has 0 spiro atoms. The molecule has 0 saturated heterocycles. The van der Waals surface area contributed by atoms with Gasteiger partial charge in [-0.3, -0.25) is 4.79 Å². The topological polar surface area (TPSA) is 58.6 Å². The fourth-order valence-corrected chi connectivity index (χ4v) is 1.49. The Hall–Kier alpha value is -1.26. The number of hydrogen-bond donors (Lipinski definition) is 2. The Morgan fingerprint density at radius 2 is 2.11 bits per heavy atom. The lowest BCUT2D eigenvalue weighted by Crippen LogP contribution is -2.46. The third kappa shape index (κ3) is 4.94. The van der Waals surface area contributed by atoms with Gasteiger partial charge in [0.15, 0.2) is 0 Å². The van der Waals surface area contributed by atoms with Gasteiger partial charge in [-0.15, -0.1) is 0 Å². The molecule has 0 aliphatic carbocycles. The molecule has 2 N–H and O–H groups in total. The second-order valence-electron chi connectivity index (χ2n) is 4.62. The smallest absolute Gasteiger partial charge is 0.223 e. The zero-order valence-corrected chi connectivity index (χ0v) is 11.3. The molecular weight excluding hydrogens is 254 g/mol. The molecule has 18 heavy (non-hydrogen) atoms. The number of rotatable bonds is 6. The van der Waals surface area contributed by atoms with Crippen LogP contribution in [0.1, 0.15) is 20.3 Å². The van der Waals surface area contributed by atoms with Gasteiger partial charge in [-0.25, -0.2) is 0 Å². The van der Waals surface area contributed by atoms with E-state index in [0.29, 0.717) is 10.8 Å². The molecule has 5 heteroatoms. The van der Waals surface area contributed by atoms with E-state index in [4.69, 9.17) is 21.4 Å². The minimum absolute atomic E-state index is 0.107. The van der Waals surface area contributed by atoms with Gasteiger partial charge in [0.25, 0.3) is 0 Å². The number of para-hydroxylation sites is 1. The molecular formula is C13H18ClNO3. The van der Waals surface area contributed by atoms with Gasteiger partial charge in [-0.2, -0.15) is 0 Å². The highest BCUT2D eigenvalue weighted by atomic mass is 35.5. The van der Waals surface area contributed by atoms with Crippen LogP contribution in [0.5, 0.6) is 5.75 Å². The van der Waals surface area contributed by atoms with E-state index in [1.165, 1.54) is 0 Å². The van der Waals surface area contributed by atoms with Crippen LogP contribution in [0, 0.1) is 0 Å². The van der Waals surface area contributed by atoms with Gasteiger partial charge in [0.2, 0.25) is 5.91 Å². The SMILES string of the molecule is CC(C)(CO)NC(=O)CCOc1ccccc1Cl. The van der Waals surface area contributed by atoms with Crippen LogP contribution in [0.4, 0.5) is 0 Å².